The van der Waals surface area contributed by atoms with Gasteiger partial charge in [-0.2, -0.15) is 0 Å². The summed E-state index contributed by atoms with van der Waals surface area (Å²) in [5.41, 5.74) is 2.20. The van der Waals surface area contributed by atoms with E-state index >= 15 is 0 Å². The number of rotatable bonds is 7. The Labute approximate surface area is 170 Å². The molecule has 1 saturated heterocycles. The summed E-state index contributed by atoms with van der Waals surface area (Å²) in [5, 5.41) is 7.26. The minimum Gasteiger partial charge on any atom is -0.338 e. The van der Waals surface area contributed by atoms with Gasteiger partial charge in [-0.1, -0.05) is 43.0 Å². The summed E-state index contributed by atoms with van der Waals surface area (Å²) in [6, 6.07) is 7.89. The van der Waals surface area contributed by atoms with Gasteiger partial charge >= 0.3 is 0 Å². The van der Waals surface area contributed by atoms with Crippen molar-refractivity contribution in [3.05, 3.63) is 29.8 Å². The average molecular weight is 423 g/mol. The molecule has 0 saturated carbocycles. The molecule has 1 aromatic heterocycles. The summed E-state index contributed by atoms with van der Waals surface area (Å²) in [4.78, 5) is 19.0. The van der Waals surface area contributed by atoms with Gasteiger partial charge in [0.2, 0.25) is 11.1 Å². The quantitative estimate of drug-likeness (QED) is 0.689. The predicted molar refractivity (Wildman–Crippen MR) is 111 cm³/mol. The molecule has 0 aliphatic carbocycles. The average Bonchev–Trinajstić information content (AvgIpc) is 3.28. The largest absolute Gasteiger partial charge is 0.338 e. The minimum absolute atomic E-state index is 0.0581. The molecule has 0 radical (unpaired) electrons. The Bertz CT molecular complexity index is 925. The van der Waals surface area contributed by atoms with Gasteiger partial charge in [0.25, 0.3) is 0 Å². The van der Waals surface area contributed by atoms with Crippen LogP contribution in [0, 0.1) is 0 Å². The summed E-state index contributed by atoms with van der Waals surface area (Å²) in [6.07, 6.45) is 1.49. The summed E-state index contributed by atoms with van der Waals surface area (Å²) in [6.45, 7) is 6.29. The number of carbonyl (C=O) groups excluding carboxylic acids is 1. The Morgan fingerprint density at radius 2 is 2.04 bits per heavy atom. The highest BCUT2D eigenvalue weighted by Crippen LogP contribution is 2.26. The molecular formula is C19H26N4O3S2. The van der Waals surface area contributed by atoms with E-state index in [-0.39, 0.29) is 23.5 Å². The van der Waals surface area contributed by atoms with Crippen molar-refractivity contribution in [1.82, 2.24) is 20.1 Å². The van der Waals surface area contributed by atoms with Crippen molar-refractivity contribution in [2.45, 2.75) is 50.1 Å². The number of sulfone groups is 1. The van der Waals surface area contributed by atoms with Crippen LogP contribution in [0.3, 0.4) is 0 Å². The predicted octanol–water partition coefficient (Wildman–Crippen LogP) is 2.55. The van der Waals surface area contributed by atoms with Crippen molar-refractivity contribution in [3.8, 4) is 11.4 Å². The van der Waals surface area contributed by atoms with Gasteiger partial charge in [-0.3, -0.25) is 9.89 Å². The maximum absolute atomic E-state index is 12.9. The summed E-state index contributed by atoms with van der Waals surface area (Å²) in [7, 11) is -3.03. The highest BCUT2D eigenvalue weighted by Gasteiger charge is 2.35. The van der Waals surface area contributed by atoms with E-state index < -0.39 is 15.1 Å². The fraction of sp³-hybridized carbons (Fsp3) is 0.526. The Hall–Kier alpha value is -1.87. The normalized spacial score (nSPS) is 19.5. The first-order chi connectivity index (χ1) is 13.3. The molecule has 1 aliphatic rings. The fourth-order valence-corrected chi connectivity index (χ4v) is 5.91. The second-order valence-electron chi connectivity index (χ2n) is 6.96. The third-order valence-corrected chi connectivity index (χ3v) is 7.70. The van der Waals surface area contributed by atoms with Crippen LogP contribution in [0.1, 0.15) is 32.8 Å². The smallest absolute Gasteiger partial charge is 0.236 e. The Kier molecular flexibility index (Phi) is 6.44. The number of carbonyl (C=O) groups is 1. The maximum atomic E-state index is 12.9. The van der Waals surface area contributed by atoms with Gasteiger partial charge in [-0.15, -0.1) is 5.10 Å². The molecule has 2 atom stereocenters. The van der Waals surface area contributed by atoms with E-state index in [1.54, 1.807) is 4.90 Å². The highest BCUT2D eigenvalue weighted by molar-refractivity contribution is 8.00. The van der Waals surface area contributed by atoms with Crippen molar-refractivity contribution < 1.29 is 13.2 Å². The van der Waals surface area contributed by atoms with Gasteiger partial charge in [0.15, 0.2) is 15.7 Å². The van der Waals surface area contributed by atoms with E-state index in [0.717, 1.165) is 12.0 Å². The zero-order valence-electron chi connectivity index (χ0n) is 16.4. The molecule has 3 rings (SSSR count). The molecule has 0 bridgehead atoms. The zero-order valence-corrected chi connectivity index (χ0v) is 18.0. The molecule has 28 heavy (non-hydrogen) atoms. The number of nitrogens with one attached hydrogen (secondary N) is 1. The van der Waals surface area contributed by atoms with Gasteiger partial charge in [0.05, 0.1) is 16.8 Å². The standard InChI is InChI=1S/C19H26N4O3S2/c1-4-14-6-8-15(9-7-14)17-20-19(22-21-17)27-13(3)18(24)23(5-2)16-10-11-28(25,26)12-16/h6-9,13,16H,4-5,10-12H2,1-3H3,(H,20,21,22)/t13-,16+/m1/s1. The third kappa shape index (κ3) is 4.75. The first-order valence-corrected chi connectivity index (χ1v) is 12.2. The topological polar surface area (TPSA) is 96.0 Å². The molecule has 0 unspecified atom stereocenters. The number of aromatic nitrogens is 3. The highest BCUT2D eigenvalue weighted by atomic mass is 32.2. The lowest BCUT2D eigenvalue weighted by molar-refractivity contribution is -0.131. The number of thioether (sulfide) groups is 1. The van der Waals surface area contributed by atoms with E-state index in [9.17, 15) is 13.2 Å². The van der Waals surface area contributed by atoms with E-state index in [0.29, 0.717) is 23.9 Å². The first-order valence-electron chi connectivity index (χ1n) is 9.52. The molecule has 1 aliphatic heterocycles. The van der Waals surface area contributed by atoms with Crippen LogP contribution < -0.4 is 0 Å². The molecule has 9 heteroatoms. The van der Waals surface area contributed by atoms with E-state index in [1.807, 2.05) is 26.0 Å². The lowest BCUT2D eigenvalue weighted by Crippen LogP contribution is -2.44. The second-order valence-corrected chi connectivity index (χ2v) is 10.5. The van der Waals surface area contributed by atoms with Gasteiger partial charge in [0.1, 0.15) is 0 Å². The SMILES string of the molecule is CCc1ccc(-c2nc(S[C@H](C)C(=O)N(CC)[C@H]3CCS(=O)(=O)C3)n[nH]2)cc1. The summed E-state index contributed by atoms with van der Waals surface area (Å²) in [5.74, 6) is 0.805. The Balaban J connectivity index is 1.66. The fourth-order valence-electron chi connectivity index (χ4n) is 3.38. The first kappa shape index (κ1) is 20.9. The van der Waals surface area contributed by atoms with Crippen LogP contribution in [-0.2, 0) is 21.1 Å². The molecule has 1 N–H and O–H groups in total. The molecule has 2 heterocycles. The number of amides is 1. The van der Waals surface area contributed by atoms with Gasteiger partial charge in [0, 0.05) is 18.2 Å². The maximum Gasteiger partial charge on any atom is 0.236 e. The van der Waals surface area contributed by atoms with Gasteiger partial charge in [-0.05, 0) is 32.3 Å². The third-order valence-electron chi connectivity index (χ3n) is 5.00. The van der Waals surface area contributed by atoms with Crippen molar-refractivity contribution in [1.29, 1.82) is 0 Å². The minimum atomic E-state index is -3.03. The second kappa shape index (κ2) is 8.65. The van der Waals surface area contributed by atoms with Crippen molar-refractivity contribution in [2.24, 2.45) is 0 Å². The molecule has 1 fully saturated rings. The molecule has 152 valence electrons. The van der Waals surface area contributed by atoms with Crippen LogP contribution in [0.15, 0.2) is 29.4 Å². The number of nitrogens with zero attached hydrogens (tertiary/aromatic N) is 3. The number of aromatic amines is 1. The number of hydrogen-bond acceptors (Lipinski definition) is 6. The monoisotopic (exact) mass is 422 g/mol. The molecule has 2 aromatic rings. The molecule has 7 nitrogen and oxygen atoms in total. The van der Waals surface area contributed by atoms with Crippen LogP contribution in [0.4, 0.5) is 0 Å². The van der Waals surface area contributed by atoms with Crippen molar-refractivity contribution >= 4 is 27.5 Å². The number of H-pyrrole nitrogens is 1. The number of aryl methyl sites for hydroxylation is 1. The lowest BCUT2D eigenvalue weighted by atomic mass is 10.1. The van der Waals surface area contributed by atoms with Crippen LogP contribution in [0.5, 0.6) is 0 Å². The van der Waals surface area contributed by atoms with Crippen molar-refractivity contribution in [3.63, 3.8) is 0 Å². The number of hydrogen-bond donors (Lipinski definition) is 1. The van der Waals surface area contributed by atoms with Crippen LogP contribution in [-0.4, -0.2) is 63.7 Å². The van der Waals surface area contributed by atoms with Crippen molar-refractivity contribution in [2.75, 3.05) is 18.1 Å². The number of benzene rings is 1. The van der Waals surface area contributed by atoms with Crippen LogP contribution in [0.2, 0.25) is 0 Å². The molecular weight excluding hydrogens is 396 g/mol. The summed E-state index contributed by atoms with van der Waals surface area (Å²) < 4.78 is 23.5. The van der Waals surface area contributed by atoms with Gasteiger partial charge < -0.3 is 4.90 Å². The molecule has 1 amide bonds. The lowest BCUT2D eigenvalue weighted by Gasteiger charge is -2.29. The zero-order chi connectivity index (χ0) is 20.3. The van der Waals surface area contributed by atoms with E-state index in [1.165, 1.54) is 17.3 Å². The Morgan fingerprint density at radius 1 is 1.32 bits per heavy atom. The molecule has 0 spiro atoms. The summed E-state index contributed by atoms with van der Waals surface area (Å²) >= 11 is 1.28. The molecule has 1 aromatic carbocycles. The Morgan fingerprint density at radius 3 is 2.61 bits per heavy atom. The van der Waals surface area contributed by atoms with E-state index in [4.69, 9.17) is 0 Å². The van der Waals surface area contributed by atoms with Crippen LogP contribution in [0.25, 0.3) is 11.4 Å². The van der Waals surface area contributed by atoms with E-state index in [2.05, 4.69) is 34.2 Å². The van der Waals surface area contributed by atoms with Crippen LogP contribution >= 0.6 is 11.8 Å². The van der Waals surface area contributed by atoms with Gasteiger partial charge in [-0.25, -0.2) is 13.4 Å².